The first kappa shape index (κ1) is 94.9. The molecule has 116 heavy (non-hydrogen) atoms. The number of hydrogen-bond acceptors (Lipinski definition) is 48. The topological polar surface area (TPSA) is 789 Å². The maximum atomic E-state index is 13.4. The molecule has 10 fully saturated rings. The summed E-state index contributed by atoms with van der Waals surface area (Å²) in [7, 11) is 0. The molecule has 0 aliphatic carbocycles. The Bertz CT molecular complexity index is 3080. The van der Waals surface area contributed by atoms with Gasteiger partial charge in [0.1, 0.15) is 226 Å². The van der Waals surface area contributed by atoms with Crippen LogP contribution in [0.5, 0.6) is 0 Å². The molecule has 10 aliphatic rings. The molecule has 3 amide bonds. The van der Waals surface area contributed by atoms with E-state index in [1.807, 2.05) is 0 Å². The van der Waals surface area contributed by atoms with E-state index >= 15 is 0 Å². The van der Waals surface area contributed by atoms with E-state index in [0.717, 1.165) is 20.8 Å². The standard InChI is InChI=1S/C65H109N3O48/c1-14-30(78)39(87)45(93)59(101-14)100-13-26-50(110-63-48(96)42(90)34(82)21(7-70)105-63)38(86)28(67-17(4)75)58(109-26)115-54-43(91)35(83)22(8-71)106-64(54)114-53-36(84)25(12-99-60-46(94)41(89)33(81)20(6-69)104-60)108-65(55(53)116-61-44(92)32(80)19(77)11-98-61)111-49-23(9-72)107-57(27(37(49)85)66-16(3)74)112-51-24(10-73)103-56(97)29(68-18(5)76)52(51)113-62-47(95)40(88)31(79)15(2)102-62/h14-15,19-65,69-73,77-97H,6-13H2,1-5H3,(H,66,74)(H,67,75)(H,68,76)/t14-,15-,19-,20-,21-,22-,23-,24-,25-,26-,27-,28-,29-,30+,31+,32+,33-,34+,35-,36-,37-,38-,39+,40+,41+,42+,43+,44-,45-,46+,47-,48-,49-,50-,51-,52-,53+,54+,55+,56-,57+,58+,59+,60+,61+,62-,63+,64-,65+/m1/s1. The van der Waals surface area contributed by atoms with Crippen LogP contribution >= 0.6 is 0 Å². The molecule has 0 aromatic rings. The van der Waals surface area contributed by atoms with E-state index in [-0.39, 0.29) is 0 Å². The number of aliphatic hydroxyl groups excluding tert-OH is 26. The van der Waals surface area contributed by atoms with Crippen molar-refractivity contribution in [3.63, 3.8) is 0 Å². The second-order valence-electron chi connectivity index (χ2n) is 29.8. The van der Waals surface area contributed by atoms with Crippen LogP contribution in [0.2, 0.25) is 0 Å². The molecule has 0 spiro atoms. The fourth-order valence-corrected chi connectivity index (χ4v) is 15.0. The van der Waals surface area contributed by atoms with Crippen LogP contribution < -0.4 is 16.0 Å². The molecule has 51 heteroatoms. The number of rotatable bonds is 28. The molecular weight excluding hydrogens is 1590 g/mol. The molecule has 672 valence electrons. The van der Waals surface area contributed by atoms with Crippen molar-refractivity contribution in [2.75, 3.05) is 52.9 Å². The fourth-order valence-electron chi connectivity index (χ4n) is 15.0. The zero-order valence-electron chi connectivity index (χ0n) is 62.6. The van der Waals surface area contributed by atoms with Crippen molar-refractivity contribution in [1.29, 1.82) is 0 Å². The van der Waals surface area contributed by atoms with Gasteiger partial charge in [0.05, 0.1) is 65.1 Å². The summed E-state index contributed by atoms with van der Waals surface area (Å²) in [5, 5.41) is 297. The predicted molar refractivity (Wildman–Crippen MR) is 356 cm³/mol. The van der Waals surface area contributed by atoms with E-state index in [4.69, 9.17) is 90.0 Å². The SMILES string of the molecule is CC(=O)N[C@@H]1[C@@H](O[C@H]2O[C@H](C)[C@H](O)[C@H](O)[C@H]2O)[C@H](O[C@@H]2O[C@H](CO)[C@@H](O[C@@H]3O[C@H](CO[C@H]4O[C@H](CO)[C@@H](O)[C@H](O)[C@@H]4O)[C@@H](O)[C@H](O[C@H]4O[C@H](CO)[C@@H](O)[C@H](O)[C@@H]4O[C@@H]4O[C@H](CO[C@H]5O[C@H](C)[C@H](O)[C@H](O)[C@H]5O)[C@@H](O[C@@H]5O[C@H](CO)[C@H](O)[C@H](O)[C@H]5O)[C@H](O)[C@H]4NC(C)=O)[C@@H]3O[C@@H]3OC[C@@H](O)[C@H](O)[C@H]3O)[C@H](O)[C@H]2NC(C)=O)[C@@H](CO)O[C@H]1O. The van der Waals surface area contributed by atoms with Crippen LogP contribution in [0.15, 0.2) is 0 Å². The van der Waals surface area contributed by atoms with Gasteiger partial charge in [-0.3, -0.25) is 14.4 Å². The third kappa shape index (κ3) is 20.7. The highest BCUT2D eigenvalue weighted by molar-refractivity contribution is 5.74. The monoisotopic (exact) mass is 1700 g/mol. The summed E-state index contributed by atoms with van der Waals surface area (Å²) >= 11 is 0. The minimum atomic E-state index is -2.53. The third-order valence-corrected chi connectivity index (χ3v) is 21.6. The lowest BCUT2D eigenvalue weighted by molar-refractivity contribution is -0.412. The van der Waals surface area contributed by atoms with Crippen molar-refractivity contribution in [3.8, 4) is 0 Å². The van der Waals surface area contributed by atoms with Crippen molar-refractivity contribution in [1.82, 2.24) is 16.0 Å². The van der Waals surface area contributed by atoms with Gasteiger partial charge in [0.15, 0.2) is 62.9 Å². The van der Waals surface area contributed by atoms with Crippen molar-refractivity contribution in [3.05, 3.63) is 0 Å². The van der Waals surface area contributed by atoms with Crippen LogP contribution in [0, 0.1) is 0 Å². The Balaban J connectivity index is 1.04. The minimum absolute atomic E-state index is 0.861. The summed E-state index contributed by atoms with van der Waals surface area (Å²) in [5.41, 5.74) is 0. The number of nitrogens with one attached hydrogen (secondary N) is 3. The normalized spacial score (nSPS) is 51.1. The van der Waals surface area contributed by atoms with Crippen molar-refractivity contribution in [2.45, 2.75) is 335 Å². The zero-order chi connectivity index (χ0) is 85.2. The summed E-state index contributed by atoms with van der Waals surface area (Å²) < 4.78 is 115. The van der Waals surface area contributed by atoms with Crippen LogP contribution in [0.4, 0.5) is 0 Å². The predicted octanol–water partition coefficient (Wildman–Crippen LogP) is -19.7. The van der Waals surface area contributed by atoms with E-state index in [9.17, 15) is 147 Å². The number of hydrogen-bond donors (Lipinski definition) is 29. The van der Waals surface area contributed by atoms with Gasteiger partial charge in [-0.2, -0.15) is 0 Å². The van der Waals surface area contributed by atoms with Gasteiger partial charge in [-0.25, -0.2) is 0 Å². The number of aliphatic hydroxyl groups is 26. The summed E-state index contributed by atoms with van der Waals surface area (Å²) in [6, 6.07) is -5.90. The Morgan fingerprint density at radius 2 is 0.612 bits per heavy atom. The minimum Gasteiger partial charge on any atom is -0.394 e. The first-order valence-electron chi connectivity index (χ1n) is 37.3. The third-order valence-electron chi connectivity index (χ3n) is 21.6. The van der Waals surface area contributed by atoms with E-state index in [1.165, 1.54) is 13.8 Å². The molecule has 10 saturated heterocycles. The zero-order valence-corrected chi connectivity index (χ0v) is 62.6. The Hall–Kier alpha value is -3.39. The fraction of sp³-hybridized carbons (Fsp3) is 0.954. The summed E-state index contributed by atoms with van der Waals surface area (Å²) in [4.78, 5) is 39.4. The average Bonchev–Trinajstić information content (AvgIpc) is 0.759. The second-order valence-corrected chi connectivity index (χ2v) is 29.8. The van der Waals surface area contributed by atoms with Crippen LogP contribution in [0.25, 0.3) is 0 Å². The number of ether oxygens (including phenoxy) is 19. The van der Waals surface area contributed by atoms with Crippen LogP contribution in [-0.4, -0.2) is 504 Å². The summed E-state index contributed by atoms with van der Waals surface area (Å²) in [5.74, 6) is -2.88. The quantitative estimate of drug-likeness (QED) is 0.0346. The van der Waals surface area contributed by atoms with Gasteiger partial charge in [0.25, 0.3) is 0 Å². The Labute approximate surface area is 657 Å². The molecule has 0 aromatic carbocycles. The molecule has 0 bridgehead atoms. The van der Waals surface area contributed by atoms with E-state index in [0.29, 0.717) is 0 Å². The van der Waals surface area contributed by atoms with Gasteiger partial charge in [-0.05, 0) is 13.8 Å². The van der Waals surface area contributed by atoms with Gasteiger partial charge < -0.3 is 239 Å². The highest BCUT2D eigenvalue weighted by Crippen LogP contribution is 2.41. The number of carbonyl (C=O) groups is 3. The molecule has 0 saturated carbocycles. The molecule has 0 unspecified atom stereocenters. The molecule has 0 aromatic heterocycles. The summed E-state index contributed by atoms with van der Waals surface area (Å²) in [6.45, 7) is -3.30. The highest BCUT2D eigenvalue weighted by Gasteiger charge is 2.62. The maximum Gasteiger partial charge on any atom is 0.217 e. The smallest absolute Gasteiger partial charge is 0.217 e. The van der Waals surface area contributed by atoms with Crippen LogP contribution in [0.3, 0.4) is 0 Å². The molecule has 29 N–H and O–H groups in total. The van der Waals surface area contributed by atoms with Gasteiger partial charge in [-0.1, -0.05) is 0 Å². The Kier molecular flexibility index (Phi) is 33.5. The first-order chi connectivity index (χ1) is 54.8. The van der Waals surface area contributed by atoms with Gasteiger partial charge in [0, 0.05) is 20.8 Å². The van der Waals surface area contributed by atoms with E-state index in [1.54, 1.807) is 0 Å². The Morgan fingerprint density at radius 1 is 0.276 bits per heavy atom. The molecule has 10 heterocycles. The van der Waals surface area contributed by atoms with E-state index in [2.05, 4.69) is 16.0 Å². The molecule has 51 nitrogen and oxygen atoms in total. The molecular formula is C65H109N3O48. The molecule has 10 rings (SSSR count). The average molecular weight is 1700 g/mol. The number of carbonyl (C=O) groups excluding carboxylic acids is 3. The van der Waals surface area contributed by atoms with Gasteiger partial charge in [-0.15, -0.1) is 0 Å². The second kappa shape index (κ2) is 40.9. The summed E-state index contributed by atoms with van der Waals surface area (Å²) in [6.07, 6.45) is -95.7. The van der Waals surface area contributed by atoms with Gasteiger partial charge >= 0.3 is 0 Å². The van der Waals surface area contributed by atoms with Crippen LogP contribution in [-0.2, 0) is 104 Å². The maximum absolute atomic E-state index is 13.4. The number of amides is 3. The molecule has 0 radical (unpaired) electrons. The molecule has 10 aliphatic heterocycles. The van der Waals surface area contributed by atoms with Gasteiger partial charge in [0.2, 0.25) is 17.7 Å². The van der Waals surface area contributed by atoms with Crippen molar-refractivity contribution < 1.29 is 237 Å². The largest absolute Gasteiger partial charge is 0.394 e. The lowest BCUT2D eigenvalue weighted by atomic mass is 9.93. The van der Waals surface area contributed by atoms with Crippen molar-refractivity contribution >= 4 is 17.7 Å². The highest BCUT2D eigenvalue weighted by atomic mass is 16.8. The lowest BCUT2D eigenvalue weighted by Crippen LogP contribution is -2.72. The van der Waals surface area contributed by atoms with Crippen molar-refractivity contribution in [2.24, 2.45) is 0 Å². The lowest BCUT2D eigenvalue weighted by Gasteiger charge is -2.52. The van der Waals surface area contributed by atoms with Crippen LogP contribution in [0.1, 0.15) is 34.6 Å². The Morgan fingerprint density at radius 3 is 1.13 bits per heavy atom. The first-order valence-corrected chi connectivity index (χ1v) is 37.3. The van der Waals surface area contributed by atoms with E-state index < -0.39 is 371 Å². The molecule has 49 atom stereocenters.